The molecule has 3 nitrogen and oxygen atoms in total. The third-order valence-corrected chi connectivity index (χ3v) is 5.67. The van der Waals surface area contributed by atoms with Gasteiger partial charge in [0.15, 0.2) is 0 Å². The molecule has 0 unspecified atom stereocenters. The first-order valence-electron chi connectivity index (χ1n) is 9.17. The number of likely N-dealkylation sites (N-methyl/N-ethyl adjacent to an activating group) is 1. The van der Waals surface area contributed by atoms with Crippen LogP contribution in [0.25, 0.3) is 0 Å². The third-order valence-electron chi connectivity index (χ3n) is 5.67. The predicted molar refractivity (Wildman–Crippen MR) is 99.7 cm³/mol. The number of anilines is 1. The van der Waals surface area contributed by atoms with E-state index in [9.17, 15) is 0 Å². The van der Waals surface area contributed by atoms with Crippen molar-refractivity contribution in [3.63, 3.8) is 0 Å². The molecular weight excluding hydrogens is 294 g/mol. The van der Waals surface area contributed by atoms with Gasteiger partial charge < -0.3 is 9.80 Å². The molecule has 0 radical (unpaired) electrons. The van der Waals surface area contributed by atoms with Crippen LogP contribution in [0.2, 0.25) is 0 Å². The van der Waals surface area contributed by atoms with Gasteiger partial charge in [0.25, 0.3) is 0 Å². The van der Waals surface area contributed by atoms with Gasteiger partial charge in [0.05, 0.1) is 0 Å². The summed E-state index contributed by atoms with van der Waals surface area (Å²) < 4.78 is 0. The largest absolute Gasteiger partial charge is 0.367 e. The summed E-state index contributed by atoms with van der Waals surface area (Å²) in [5.41, 5.74) is 5.75. The Morgan fingerprint density at radius 1 is 1.25 bits per heavy atom. The topological polar surface area (TPSA) is 19.4 Å². The number of hydrogen-bond acceptors (Lipinski definition) is 3. The lowest BCUT2D eigenvalue weighted by atomic mass is 9.92. The van der Waals surface area contributed by atoms with Crippen LogP contribution < -0.4 is 4.90 Å². The van der Waals surface area contributed by atoms with Gasteiger partial charge in [0.1, 0.15) is 0 Å². The summed E-state index contributed by atoms with van der Waals surface area (Å²) >= 11 is 0. The second-order valence-electron chi connectivity index (χ2n) is 7.45. The maximum Gasteiger partial charge on any atom is 0.0405 e. The Balaban J connectivity index is 1.63. The molecule has 3 heteroatoms. The van der Waals surface area contributed by atoms with Gasteiger partial charge in [-0.3, -0.25) is 4.98 Å². The lowest BCUT2D eigenvalue weighted by Crippen LogP contribution is -2.37. The molecule has 2 atom stereocenters. The molecule has 0 N–H and O–H groups in total. The Labute approximate surface area is 145 Å². The van der Waals surface area contributed by atoms with Crippen molar-refractivity contribution in [1.82, 2.24) is 9.88 Å². The number of nitrogens with zero attached hydrogens (tertiary/aromatic N) is 3. The number of benzene rings is 1. The molecule has 1 aromatic heterocycles. The van der Waals surface area contributed by atoms with Crippen LogP contribution in [0.15, 0.2) is 42.7 Å². The summed E-state index contributed by atoms with van der Waals surface area (Å²) in [7, 11) is 2.27. The number of aromatic nitrogens is 1. The fourth-order valence-electron chi connectivity index (χ4n) is 4.49. The van der Waals surface area contributed by atoms with Crippen molar-refractivity contribution in [2.45, 2.75) is 38.1 Å². The SMILES string of the molecule is Cc1ccc2c(c1)[C@@H]1CN(C)CCC[C@@H]1N2CCc1cccnc1. The highest BCUT2D eigenvalue weighted by atomic mass is 15.2. The minimum Gasteiger partial charge on any atom is -0.367 e. The maximum absolute atomic E-state index is 4.27. The van der Waals surface area contributed by atoms with Crippen LogP contribution in [0.3, 0.4) is 0 Å². The molecule has 0 saturated carbocycles. The van der Waals surface area contributed by atoms with Gasteiger partial charge in [-0.25, -0.2) is 0 Å². The molecule has 24 heavy (non-hydrogen) atoms. The first kappa shape index (κ1) is 15.6. The van der Waals surface area contributed by atoms with Crippen molar-refractivity contribution >= 4 is 5.69 Å². The molecule has 0 spiro atoms. The highest BCUT2D eigenvalue weighted by molar-refractivity contribution is 5.63. The summed E-state index contributed by atoms with van der Waals surface area (Å²) in [6, 6.07) is 11.9. The van der Waals surface area contributed by atoms with Crippen molar-refractivity contribution in [3.05, 3.63) is 59.4 Å². The highest BCUT2D eigenvalue weighted by Gasteiger charge is 2.39. The molecule has 4 rings (SSSR count). The monoisotopic (exact) mass is 321 g/mol. The molecule has 1 aromatic carbocycles. The Morgan fingerprint density at radius 3 is 3.00 bits per heavy atom. The van der Waals surface area contributed by atoms with Crippen LogP contribution in [0, 0.1) is 6.92 Å². The molecule has 1 saturated heterocycles. The van der Waals surface area contributed by atoms with E-state index in [-0.39, 0.29) is 0 Å². The van der Waals surface area contributed by atoms with Gasteiger partial charge in [-0.05, 0) is 63.0 Å². The smallest absolute Gasteiger partial charge is 0.0405 e. The van der Waals surface area contributed by atoms with Gasteiger partial charge in [0.2, 0.25) is 0 Å². The van der Waals surface area contributed by atoms with E-state index in [4.69, 9.17) is 0 Å². The number of rotatable bonds is 3. The summed E-state index contributed by atoms with van der Waals surface area (Å²) in [4.78, 5) is 9.47. The van der Waals surface area contributed by atoms with E-state index in [1.807, 2.05) is 18.5 Å². The Bertz CT molecular complexity index is 697. The minimum atomic E-state index is 0.654. The third kappa shape index (κ3) is 2.93. The Hall–Kier alpha value is -1.87. The van der Waals surface area contributed by atoms with E-state index < -0.39 is 0 Å². The zero-order valence-corrected chi connectivity index (χ0v) is 14.8. The van der Waals surface area contributed by atoms with Crippen molar-refractivity contribution in [2.24, 2.45) is 0 Å². The van der Waals surface area contributed by atoms with Gasteiger partial charge in [-0.2, -0.15) is 0 Å². The van der Waals surface area contributed by atoms with Crippen molar-refractivity contribution < 1.29 is 0 Å². The van der Waals surface area contributed by atoms with Crippen LogP contribution in [-0.4, -0.2) is 42.6 Å². The second-order valence-corrected chi connectivity index (χ2v) is 7.45. The van der Waals surface area contributed by atoms with Crippen molar-refractivity contribution in [2.75, 3.05) is 31.6 Å². The quantitative estimate of drug-likeness (QED) is 0.860. The van der Waals surface area contributed by atoms with Gasteiger partial charge >= 0.3 is 0 Å². The molecular formula is C21H27N3. The zero-order chi connectivity index (χ0) is 16.5. The van der Waals surface area contributed by atoms with Crippen LogP contribution in [0.5, 0.6) is 0 Å². The first-order valence-corrected chi connectivity index (χ1v) is 9.17. The number of hydrogen-bond donors (Lipinski definition) is 0. The van der Waals surface area contributed by atoms with E-state index in [0.717, 1.165) is 13.0 Å². The lowest BCUT2D eigenvalue weighted by molar-refractivity contribution is 0.330. The van der Waals surface area contributed by atoms with Gasteiger partial charge in [0, 0.05) is 43.1 Å². The molecule has 1 fully saturated rings. The normalized spacial score (nSPS) is 23.7. The van der Waals surface area contributed by atoms with Crippen LogP contribution >= 0.6 is 0 Å². The number of fused-ring (bicyclic) bond motifs is 3. The summed E-state index contributed by atoms with van der Waals surface area (Å²) in [6.07, 6.45) is 7.53. The number of pyridine rings is 1. The fourth-order valence-corrected chi connectivity index (χ4v) is 4.49. The molecule has 0 bridgehead atoms. The van der Waals surface area contributed by atoms with Gasteiger partial charge in [-0.15, -0.1) is 0 Å². The zero-order valence-electron chi connectivity index (χ0n) is 14.8. The lowest BCUT2D eigenvalue weighted by Gasteiger charge is -2.29. The van der Waals surface area contributed by atoms with Crippen LogP contribution in [-0.2, 0) is 6.42 Å². The minimum absolute atomic E-state index is 0.654. The average molecular weight is 321 g/mol. The second kappa shape index (κ2) is 6.56. The number of likely N-dealkylation sites (tertiary alicyclic amines) is 1. The fraction of sp³-hybridized carbons (Fsp3) is 0.476. The predicted octanol–water partition coefficient (Wildman–Crippen LogP) is 3.63. The molecule has 0 aliphatic carbocycles. The molecule has 2 aliphatic heterocycles. The van der Waals surface area contributed by atoms with E-state index in [0.29, 0.717) is 12.0 Å². The van der Waals surface area contributed by atoms with Crippen molar-refractivity contribution in [1.29, 1.82) is 0 Å². The molecule has 2 aromatic rings. The van der Waals surface area contributed by atoms with Crippen LogP contribution in [0.1, 0.15) is 35.4 Å². The van der Waals surface area contributed by atoms with E-state index >= 15 is 0 Å². The van der Waals surface area contributed by atoms with E-state index in [1.165, 1.54) is 42.7 Å². The maximum atomic E-state index is 4.27. The van der Waals surface area contributed by atoms with E-state index in [2.05, 4.69) is 53.0 Å². The standard InChI is InChI=1S/C21H27N3/c1-16-7-8-21-18(13-16)19-15-23(2)11-4-6-20(19)24(21)12-9-17-5-3-10-22-14-17/h3,5,7-8,10,13-14,19-20H,4,6,9,11-12,15H2,1-2H3/t19-,20-/m0/s1. The molecule has 3 heterocycles. The summed E-state index contributed by atoms with van der Waals surface area (Å²) in [6.45, 7) is 5.72. The summed E-state index contributed by atoms with van der Waals surface area (Å²) in [5, 5.41) is 0. The molecule has 126 valence electrons. The summed E-state index contributed by atoms with van der Waals surface area (Å²) in [5.74, 6) is 0.654. The Kier molecular flexibility index (Phi) is 4.28. The highest BCUT2D eigenvalue weighted by Crippen LogP contribution is 2.44. The Morgan fingerprint density at radius 2 is 2.17 bits per heavy atom. The van der Waals surface area contributed by atoms with Crippen molar-refractivity contribution in [3.8, 4) is 0 Å². The average Bonchev–Trinajstić information content (AvgIpc) is 2.73. The van der Waals surface area contributed by atoms with E-state index in [1.54, 1.807) is 5.56 Å². The number of aryl methyl sites for hydroxylation is 1. The van der Waals surface area contributed by atoms with Crippen LogP contribution in [0.4, 0.5) is 5.69 Å². The molecule has 2 aliphatic rings. The first-order chi connectivity index (χ1) is 11.7. The van der Waals surface area contributed by atoms with Gasteiger partial charge in [-0.1, -0.05) is 23.8 Å². The molecule has 0 amide bonds.